The maximum Gasteiger partial charge on any atom is 0.259 e. The van der Waals surface area contributed by atoms with Crippen molar-refractivity contribution in [2.24, 2.45) is 0 Å². The summed E-state index contributed by atoms with van der Waals surface area (Å²) in [6.45, 7) is 9.91. The van der Waals surface area contributed by atoms with Crippen LogP contribution < -0.4 is 5.32 Å². The third kappa shape index (κ3) is 2.68. The second-order valence-electron chi connectivity index (χ2n) is 6.88. The molecule has 1 aliphatic heterocycles. The van der Waals surface area contributed by atoms with Crippen molar-refractivity contribution < 1.29 is 13.7 Å². The standard InChI is InChI=1S/C19H22N4O3/c1-10-9-20-5-6-23(10)19(24)15-8-16(14-7-11(2)25-13(14)4)21-18-17(15)12(3)22-26-18/h7-8,10,20H,5-6,9H2,1-4H3. The number of carbonyl (C=O) groups excluding carboxylic acids is 1. The van der Waals surface area contributed by atoms with Crippen LogP contribution in [0.3, 0.4) is 0 Å². The van der Waals surface area contributed by atoms with E-state index in [0.717, 1.165) is 30.2 Å². The van der Waals surface area contributed by atoms with Crippen LogP contribution in [0.25, 0.3) is 22.4 Å². The molecule has 3 aromatic rings. The number of pyridine rings is 1. The van der Waals surface area contributed by atoms with Crippen LogP contribution in [0.5, 0.6) is 0 Å². The number of rotatable bonds is 2. The van der Waals surface area contributed by atoms with Crippen molar-refractivity contribution in [1.82, 2.24) is 20.4 Å². The van der Waals surface area contributed by atoms with Crippen molar-refractivity contribution in [3.63, 3.8) is 0 Å². The molecule has 0 saturated carbocycles. The van der Waals surface area contributed by atoms with Gasteiger partial charge in [-0.3, -0.25) is 4.79 Å². The quantitative estimate of drug-likeness (QED) is 0.762. The van der Waals surface area contributed by atoms with Gasteiger partial charge in [0.05, 0.1) is 22.3 Å². The Bertz CT molecular complexity index is 988. The largest absolute Gasteiger partial charge is 0.466 e. The first-order valence-corrected chi connectivity index (χ1v) is 8.82. The van der Waals surface area contributed by atoms with Crippen molar-refractivity contribution in [2.45, 2.75) is 33.7 Å². The number of hydrogen-bond donors (Lipinski definition) is 1. The predicted octanol–water partition coefficient (Wildman–Crippen LogP) is 2.84. The van der Waals surface area contributed by atoms with E-state index in [1.165, 1.54) is 0 Å². The second-order valence-corrected chi connectivity index (χ2v) is 6.88. The van der Waals surface area contributed by atoms with Gasteiger partial charge in [-0.25, -0.2) is 4.98 Å². The maximum absolute atomic E-state index is 13.3. The van der Waals surface area contributed by atoms with Crippen LogP contribution in [0.1, 0.15) is 34.5 Å². The molecule has 136 valence electrons. The molecule has 1 atom stereocenters. The van der Waals surface area contributed by atoms with Crippen LogP contribution >= 0.6 is 0 Å². The molecule has 4 rings (SSSR count). The smallest absolute Gasteiger partial charge is 0.259 e. The first-order chi connectivity index (χ1) is 12.5. The number of amides is 1. The Hall–Kier alpha value is -2.67. The summed E-state index contributed by atoms with van der Waals surface area (Å²) in [4.78, 5) is 19.8. The van der Waals surface area contributed by atoms with Crippen molar-refractivity contribution in [3.05, 3.63) is 34.9 Å². The summed E-state index contributed by atoms with van der Waals surface area (Å²) >= 11 is 0. The SMILES string of the molecule is Cc1cc(-c2cc(C(=O)N3CCNCC3C)c3c(C)noc3n2)c(C)o1. The average molecular weight is 354 g/mol. The van der Waals surface area contributed by atoms with E-state index in [0.29, 0.717) is 34.6 Å². The monoisotopic (exact) mass is 354 g/mol. The number of aromatic nitrogens is 2. The highest BCUT2D eigenvalue weighted by molar-refractivity contribution is 6.07. The fourth-order valence-corrected chi connectivity index (χ4v) is 3.58. The molecule has 0 spiro atoms. The lowest BCUT2D eigenvalue weighted by molar-refractivity contribution is 0.0657. The van der Waals surface area contributed by atoms with Crippen molar-refractivity contribution in [2.75, 3.05) is 19.6 Å². The summed E-state index contributed by atoms with van der Waals surface area (Å²) in [6, 6.07) is 3.89. The molecule has 3 aromatic heterocycles. The topological polar surface area (TPSA) is 84.4 Å². The third-order valence-electron chi connectivity index (χ3n) is 4.93. The highest BCUT2D eigenvalue weighted by Crippen LogP contribution is 2.31. The fraction of sp³-hybridized carbons (Fsp3) is 0.421. The van der Waals surface area contributed by atoms with Crippen molar-refractivity contribution >= 4 is 17.0 Å². The van der Waals surface area contributed by atoms with Crippen LogP contribution in [0.15, 0.2) is 21.1 Å². The summed E-state index contributed by atoms with van der Waals surface area (Å²) in [5.74, 6) is 1.55. The van der Waals surface area contributed by atoms with Gasteiger partial charge in [0.15, 0.2) is 0 Å². The Labute approximate surface area is 151 Å². The Morgan fingerprint density at radius 2 is 2.12 bits per heavy atom. The van der Waals surface area contributed by atoms with Gasteiger partial charge in [0.25, 0.3) is 11.6 Å². The molecule has 26 heavy (non-hydrogen) atoms. The highest BCUT2D eigenvalue weighted by atomic mass is 16.5. The molecule has 4 heterocycles. The maximum atomic E-state index is 13.3. The van der Waals surface area contributed by atoms with Gasteiger partial charge in [-0.15, -0.1) is 0 Å². The van der Waals surface area contributed by atoms with Gasteiger partial charge < -0.3 is 19.2 Å². The lowest BCUT2D eigenvalue weighted by Gasteiger charge is -2.34. The molecule has 1 fully saturated rings. The van der Waals surface area contributed by atoms with Crippen molar-refractivity contribution in [1.29, 1.82) is 0 Å². The molecule has 1 unspecified atom stereocenters. The molecule has 0 aromatic carbocycles. The number of fused-ring (bicyclic) bond motifs is 1. The molecule has 7 nitrogen and oxygen atoms in total. The average Bonchev–Trinajstić information content (AvgIpc) is 3.16. The summed E-state index contributed by atoms with van der Waals surface area (Å²) in [5, 5.41) is 8.02. The molecular formula is C19H22N4O3. The summed E-state index contributed by atoms with van der Waals surface area (Å²) in [6.07, 6.45) is 0. The highest BCUT2D eigenvalue weighted by Gasteiger charge is 2.28. The Balaban J connectivity index is 1.88. The molecule has 0 bridgehead atoms. The molecule has 1 amide bonds. The van der Waals surface area contributed by atoms with E-state index in [4.69, 9.17) is 8.94 Å². The zero-order valence-corrected chi connectivity index (χ0v) is 15.4. The molecule has 1 saturated heterocycles. The van der Waals surface area contributed by atoms with Gasteiger partial charge in [-0.05, 0) is 39.8 Å². The van der Waals surface area contributed by atoms with E-state index < -0.39 is 0 Å². The van der Waals surface area contributed by atoms with Crippen LogP contribution in [0, 0.1) is 20.8 Å². The molecule has 1 aliphatic rings. The normalized spacial score (nSPS) is 17.8. The van der Waals surface area contributed by atoms with E-state index in [-0.39, 0.29) is 11.9 Å². The van der Waals surface area contributed by atoms with Gasteiger partial charge in [0, 0.05) is 31.2 Å². The van der Waals surface area contributed by atoms with E-state index in [1.807, 2.05) is 44.7 Å². The Morgan fingerprint density at radius 1 is 1.31 bits per heavy atom. The lowest BCUT2D eigenvalue weighted by atomic mass is 10.0. The number of piperazine rings is 1. The molecule has 0 radical (unpaired) electrons. The number of aryl methyl sites for hydroxylation is 3. The van der Waals surface area contributed by atoms with Gasteiger partial charge >= 0.3 is 0 Å². The minimum absolute atomic E-state index is 0.0168. The first kappa shape index (κ1) is 16.8. The summed E-state index contributed by atoms with van der Waals surface area (Å²) < 4.78 is 11.0. The van der Waals surface area contributed by atoms with Gasteiger partial charge in [0.2, 0.25) is 0 Å². The number of nitrogens with zero attached hydrogens (tertiary/aromatic N) is 3. The number of nitrogens with one attached hydrogen (secondary N) is 1. The molecular weight excluding hydrogens is 332 g/mol. The van der Waals surface area contributed by atoms with Gasteiger partial charge in [-0.1, -0.05) is 5.16 Å². The van der Waals surface area contributed by atoms with E-state index in [1.54, 1.807) is 0 Å². The first-order valence-electron chi connectivity index (χ1n) is 8.82. The van der Waals surface area contributed by atoms with E-state index in [2.05, 4.69) is 15.5 Å². The second kappa shape index (κ2) is 6.25. The molecule has 7 heteroatoms. The third-order valence-corrected chi connectivity index (χ3v) is 4.93. The lowest BCUT2D eigenvalue weighted by Crippen LogP contribution is -2.52. The number of furan rings is 1. The van der Waals surface area contributed by atoms with Gasteiger partial charge in [0.1, 0.15) is 11.5 Å². The van der Waals surface area contributed by atoms with E-state index >= 15 is 0 Å². The number of hydrogen-bond acceptors (Lipinski definition) is 6. The van der Waals surface area contributed by atoms with Crippen LogP contribution in [-0.4, -0.2) is 46.6 Å². The van der Waals surface area contributed by atoms with Gasteiger partial charge in [-0.2, -0.15) is 0 Å². The zero-order chi connectivity index (χ0) is 18.4. The minimum atomic E-state index is -0.0168. The summed E-state index contributed by atoms with van der Waals surface area (Å²) in [5.41, 5.74) is 3.15. The van der Waals surface area contributed by atoms with Crippen LogP contribution in [-0.2, 0) is 0 Å². The Kier molecular flexibility index (Phi) is 4.03. The van der Waals surface area contributed by atoms with Crippen LogP contribution in [0.2, 0.25) is 0 Å². The van der Waals surface area contributed by atoms with E-state index in [9.17, 15) is 4.79 Å². The Morgan fingerprint density at radius 3 is 2.81 bits per heavy atom. The van der Waals surface area contributed by atoms with Crippen molar-refractivity contribution in [3.8, 4) is 11.3 Å². The zero-order valence-electron chi connectivity index (χ0n) is 15.4. The summed E-state index contributed by atoms with van der Waals surface area (Å²) in [7, 11) is 0. The predicted molar refractivity (Wildman–Crippen MR) is 97.1 cm³/mol. The molecule has 1 N–H and O–H groups in total. The van der Waals surface area contributed by atoms with Crippen LogP contribution in [0.4, 0.5) is 0 Å². The minimum Gasteiger partial charge on any atom is -0.466 e. The fourth-order valence-electron chi connectivity index (χ4n) is 3.58. The number of carbonyl (C=O) groups is 1. The molecule has 0 aliphatic carbocycles.